The van der Waals surface area contributed by atoms with Crippen molar-refractivity contribution in [2.45, 2.75) is 26.3 Å². The minimum atomic E-state index is -0.359. The number of rotatable bonds is 5. The van der Waals surface area contributed by atoms with Crippen LogP contribution in [0.4, 0.5) is 10.6 Å². The minimum Gasteiger partial charge on any atom is -0.450 e. The molecular formula is C19H23ClN4O3. The molecule has 1 aliphatic heterocycles. The van der Waals surface area contributed by atoms with Crippen LogP contribution >= 0.6 is 11.6 Å². The van der Waals surface area contributed by atoms with Crippen molar-refractivity contribution >= 4 is 29.4 Å². The summed E-state index contributed by atoms with van der Waals surface area (Å²) >= 11 is 5.92. The van der Waals surface area contributed by atoms with Gasteiger partial charge in [-0.25, -0.2) is 9.48 Å². The van der Waals surface area contributed by atoms with Crippen LogP contribution in [0.3, 0.4) is 0 Å². The first-order chi connectivity index (χ1) is 13.1. The summed E-state index contributed by atoms with van der Waals surface area (Å²) < 4.78 is 6.77. The van der Waals surface area contributed by atoms with E-state index in [1.165, 1.54) is 0 Å². The number of aromatic nitrogens is 2. The van der Waals surface area contributed by atoms with Gasteiger partial charge in [-0.2, -0.15) is 5.10 Å². The molecule has 2 heterocycles. The lowest BCUT2D eigenvalue weighted by Crippen LogP contribution is -2.44. The average molecular weight is 391 g/mol. The van der Waals surface area contributed by atoms with Crippen LogP contribution in [0.25, 0.3) is 0 Å². The summed E-state index contributed by atoms with van der Waals surface area (Å²) in [5, 5.41) is 7.90. The molecule has 1 aliphatic rings. The summed E-state index contributed by atoms with van der Waals surface area (Å²) in [7, 11) is 0. The van der Waals surface area contributed by atoms with E-state index in [2.05, 4.69) is 10.4 Å². The van der Waals surface area contributed by atoms with Gasteiger partial charge < -0.3 is 15.0 Å². The average Bonchev–Trinajstić information content (AvgIpc) is 3.10. The molecule has 1 N–H and O–H groups in total. The third-order valence-corrected chi connectivity index (χ3v) is 4.78. The topological polar surface area (TPSA) is 76.5 Å². The number of carbonyl (C=O) groups is 2. The fraction of sp³-hybridized carbons (Fsp3) is 0.421. The maximum Gasteiger partial charge on any atom is 0.409 e. The van der Waals surface area contributed by atoms with Gasteiger partial charge in [0.25, 0.3) is 0 Å². The number of nitrogens with one attached hydrogen (secondary N) is 1. The predicted molar refractivity (Wildman–Crippen MR) is 103 cm³/mol. The Balaban J connectivity index is 1.62. The zero-order chi connectivity index (χ0) is 19.2. The SMILES string of the molecule is CCOC(=O)N1CCC[C@@H](C(=O)Nc2ccnn2Cc2ccc(Cl)cc2)C1. The zero-order valence-corrected chi connectivity index (χ0v) is 16.0. The number of amides is 2. The number of piperidine rings is 1. The number of benzene rings is 1. The van der Waals surface area contributed by atoms with Crippen LogP contribution in [0.2, 0.25) is 5.02 Å². The Labute approximate surface area is 163 Å². The molecule has 2 amide bonds. The van der Waals surface area contributed by atoms with E-state index < -0.39 is 0 Å². The largest absolute Gasteiger partial charge is 0.450 e. The van der Waals surface area contributed by atoms with Crippen molar-refractivity contribution in [1.29, 1.82) is 0 Å². The summed E-state index contributed by atoms with van der Waals surface area (Å²) in [5.41, 5.74) is 1.03. The fourth-order valence-corrected chi connectivity index (χ4v) is 3.25. The molecule has 2 aromatic rings. The van der Waals surface area contributed by atoms with E-state index in [1.54, 1.807) is 28.8 Å². The second kappa shape index (κ2) is 8.90. The first kappa shape index (κ1) is 19.2. The van der Waals surface area contributed by atoms with Gasteiger partial charge in [0.15, 0.2) is 0 Å². The molecule has 144 valence electrons. The molecule has 27 heavy (non-hydrogen) atoms. The van der Waals surface area contributed by atoms with Gasteiger partial charge >= 0.3 is 6.09 Å². The Hall–Kier alpha value is -2.54. The third kappa shape index (κ3) is 5.01. The van der Waals surface area contributed by atoms with Crippen LogP contribution in [0.1, 0.15) is 25.3 Å². The van der Waals surface area contributed by atoms with Gasteiger partial charge in [0.2, 0.25) is 5.91 Å². The number of nitrogens with zero attached hydrogens (tertiary/aromatic N) is 3. The summed E-state index contributed by atoms with van der Waals surface area (Å²) in [4.78, 5) is 26.2. The van der Waals surface area contributed by atoms with Gasteiger partial charge in [-0.3, -0.25) is 4.79 Å². The van der Waals surface area contributed by atoms with Crippen molar-refractivity contribution in [3.63, 3.8) is 0 Å². The Morgan fingerprint density at radius 3 is 2.81 bits per heavy atom. The van der Waals surface area contributed by atoms with Crippen molar-refractivity contribution in [3.8, 4) is 0 Å². The molecular weight excluding hydrogens is 368 g/mol. The molecule has 0 bridgehead atoms. The summed E-state index contributed by atoms with van der Waals surface area (Å²) in [6.07, 6.45) is 2.81. The molecule has 0 radical (unpaired) electrons. The van der Waals surface area contributed by atoms with Gasteiger partial charge in [0.05, 0.1) is 25.3 Å². The standard InChI is InChI=1S/C19H23ClN4O3/c1-2-27-19(26)23-11-3-4-15(13-23)18(25)22-17-9-10-21-24(17)12-14-5-7-16(20)8-6-14/h5-10,15H,2-4,11-13H2,1H3,(H,22,25)/t15-/m1/s1. The first-order valence-corrected chi connectivity index (χ1v) is 9.43. The molecule has 1 saturated heterocycles. The highest BCUT2D eigenvalue weighted by molar-refractivity contribution is 6.30. The highest BCUT2D eigenvalue weighted by Crippen LogP contribution is 2.20. The maximum absolute atomic E-state index is 12.7. The number of hydrogen-bond acceptors (Lipinski definition) is 4. The molecule has 1 aromatic carbocycles. The number of likely N-dealkylation sites (tertiary alicyclic amines) is 1. The second-order valence-corrected chi connectivity index (χ2v) is 6.91. The Bertz CT molecular complexity index is 791. The number of hydrogen-bond donors (Lipinski definition) is 1. The molecule has 8 heteroatoms. The van der Waals surface area contributed by atoms with E-state index in [0.717, 1.165) is 18.4 Å². The van der Waals surface area contributed by atoms with Crippen molar-refractivity contribution in [2.24, 2.45) is 5.92 Å². The van der Waals surface area contributed by atoms with E-state index in [9.17, 15) is 9.59 Å². The highest BCUT2D eigenvalue weighted by atomic mass is 35.5. The lowest BCUT2D eigenvalue weighted by atomic mass is 9.97. The molecule has 7 nitrogen and oxygen atoms in total. The summed E-state index contributed by atoms with van der Waals surface area (Å²) in [5.74, 6) is 0.257. The molecule has 3 rings (SSSR count). The Morgan fingerprint density at radius 2 is 2.07 bits per heavy atom. The molecule has 1 aromatic heterocycles. The number of ether oxygens (including phenoxy) is 1. The normalized spacial score (nSPS) is 16.8. The lowest BCUT2D eigenvalue weighted by Gasteiger charge is -2.31. The monoisotopic (exact) mass is 390 g/mol. The number of carbonyl (C=O) groups excluding carboxylic acids is 2. The number of halogens is 1. The smallest absolute Gasteiger partial charge is 0.409 e. The van der Waals surface area contributed by atoms with Gasteiger partial charge in [-0.15, -0.1) is 0 Å². The Morgan fingerprint density at radius 1 is 1.30 bits per heavy atom. The van der Waals surface area contributed by atoms with Crippen molar-refractivity contribution in [1.82, 2.24) is 14.7 Å². The van der Waals surface area contributed by atoms with Crippen LogP contribution in [0, 0.1) is 5.92 Å². The molecule has 0 unspecified atom stereocenters. The van der Waals surface area contributed by atoms with Gasteiger partial charge in [-0.05, 0) is 37.5 Å². The van der Waals surface area contributed by atoms with Crippen molar-refractivity contribution in [2.75, 3.05) is 25.0 Å². The van der Waals surface area contributed by atoms with Gasteiger partial charge in [-0.1, -0.05) is 23.7 Å². The molecule has 1 atom stereocenters. The lowest BCUT2D eigenvalue weighted by molar-refractivity contribution is -0.121. The van der Waals surface area contributed by atoms with Crippen LogP contribution < -0.4 is 5.32 Å². The summed E-state index contributed by atoms with van der Waals surface area (Å²) in [6, 6.07) is 9.26. The van der Waals surface area contributed by atoms with Crippen LogP contribution in [-0.4, -0.2) is 46.4 Å². The minimum absolute atomic E-state index is 0.109. The number of anilines is 1. The highest BCUT2D eigenvalue weighted by Gasteiger charge is 2.29. The molecule has 1 fully saturated rings. The van der Waals surface area contributed by atoms with E-state index in [4.69, 9.17) is 16.3 Å². The van der Waals surface area contributed by atoms with Crippen LogP contribution in [0.5, 0.6) is 0 Å². The van der Waals surface area contributed by atoms with E-state index in [1.807, 2.05) is 24.3 Å². The van der Waals surface area contributed by atoms with Crippen LogP contribution in [0.15, 0.2) is 36.5 Å². The summed E-state index contributed by atoms with van der Waals surface area (Å²) in [6.45, 7) is 3.62. The van der Waals surface area contributed by atoms with Crippen LogP contribution in [-0.2, 0) is 16.1 Å². The molecule has 0 saturated carbocycles. The van der Waals surface area contributed by atoms with Crippen molar-refractivity contribution < 1.29 is 14.3 Å². The quantitative estimate of drug-likeness (QED) is 0.848. The van der Waals surface area contributed by atoms with E-state index in [-0.39, 0.29) is 17.9 Å². The van der Waals surface area contributed by atoms with Gasteiger partial charge in [0, 0.05) is 24.2 Å². The fourth-order valence-electron chi connectivity index (χ4n) is 3.13. The molecule has 0 aliphatic carbocycles. The Kier molecular flexibility index (Phi) is 6.34. The third-order valence-electron chi connectivity index (χ3n) is 4.53. The zero-order valence-electron chi connectivity index (χ0n) is 15.2. The van der Waals surface area contributed by atoms with E-state index in [0.29, 0.717) is 37.1 Å². The molecule has 0 spiro atoms. The van der Waals surface area contributed by atoms with E-state index >= 15 is 0 Å². The van der Waals surface area contributed by atoms with Crippen molar-refractivity contribution in [3.05, 3.63) is 47.1 Å². The maximum atomic E-state index is 12.7. The van der Waals surface area contributed by atoms with Gasteiger partial charge in [0.1, 0.15) is 5.82 Å². The second-order valence-electron chi connectivity index (χ2n) is 6.47. The first-order valence-electron chi connectivity index (χ1n) is 9.05. The predicted octanol–water partition coefficient (Wildman–Crippen LogP) is 3.39.